The van der Waals surface area contributed by atoms with Gasteiger partial charge < -0.3 is 10.2 Å². The van der Waals surface area contributed by atoms with E-state index in [0.717, 1.165) is 11.5 Å². The molecule has 0 unspecified atom stereocenters. The number of hydrogen-bond donors (Lipinski definition) is 1. The van der Waals surface area contributed by atoms with Crippen LogP contribution in [0.4, 0.5) is 11.5 Å². The molecule has 9 heteroatoms. The molecule has 138 valence electrons. The highest BCUT2D eigenvalue weighted by molar-refractivity contribution is 7.89. The van der Waals surface area contributed by atoms with E-state index in [1.54, 1.807) is 12.1 Å². The number of rotatable bonds is 4. The molecule has 1 aromatic carbocycles. The smallest absolute Gasteiger partial charge is 0.243 e. The maximum absolute atomic E-state index is 12.8. The van der Waals surface area contributed by atoms with Crippen LogP contribution in [-0.4, -0.2) is 54.8 Å². The van der Waals surface area contributed by atoms with E-state index in [4.69, 9.17) is 0 Å². The van der Waals surface area contributed by atoms with Crippen molar-refractivity contribution in [1.82, 2.24) is 14.3 Å². The van der Waals surface area contributed by atoms with Crippen molar-refractivity contribution in [2.75, 3.05) is 36.4 Å². The van der Waals surface area contributed by atoms with Crippen molar-refractivity contribution < 1.29 is 13.2 Å². The Labute approximate surface area is 152 Å². The van der Waals surface area contributed by atoms with Crippen molar-refractivity contribution in [3.8, 4) is 0 Å². The SMILES string of the molecule is CC(=O)Nc1ccc(S(=O)(=O)N2CCN(c3cc(C)ncn3)CC2)cc1. The lowest BCUT2D eigenvalue weighted by Gasteiger charge is -2.34. The second kappa shape index (κ2) is 7.38. The van der Waals surface area contributed by atoms with Crippen molar-refractivity contribution in [3.63, 3.8) is 0 Å². The summed E-state index contributed by atoms with van der Waals surface area (Å²) in [5.74, 6) is 0.617. The molecule has 0 saturated carbocycles. The zero-order chi connectivity index (χ0) is 18.7. The highest BCUT2D eigenvalue weighted by Crippen LogP contribution is 2.21. The maximum atomic E-state index is 12.8. The first kappa shape index (κ1) is 18.3. The van der Waals surface area contributed by atoms with Gasteiger partial charge in [0.2, 0.25) is 15.9 Å². The van der Waals surface area contributed by atoms with Crippen LogP contribution in [0, 0.1) is 6.92 Å². The number of nitrogens with one attached hydrogen (secondary N) is 1. The predicted molar refractivity (Wildman–Crippen MR) is 98.5 cm³/mol. The van der Waals surface area contributed by atoms with Gasteiger partial charge in [0.25, 0.3) is 0 Å². The van der Waals surface area contributed by atoms with Crippen LogP contribution in [0.3, 0.4) is 0 Å². The highest BCUT2D eigenvalue weighted by atomic mass is 32.2. The fraction of sp³-hybridized carbons (Fsp3) is 0.353. The van der Waals surface area contributed by atoms with Gasteiger partial charge in [-0.15, -0.1) is 0 Å². The molecule has 8 nitrogen and oxygen atoms in total. The van der Waals surface area contributed by atoms with E-state index in [-0.39, 0.29) is 10.8 Å². The minimum absolute atomic E-state index is 0.198. The molecule has 1 N–H and O–H groups in total. The lowest BCUT2D eigenvalue weighted by Crippen LogP contribution is -2.48. The number of amides is 1. The molecule has 1 aliphatic heterocycles. The third-order valence-corrected chi connectivity index (χ3v) is 6.08. The molecule has 0 atom stereocenters. The molecule has 0 bridgehead atoms. The molecule has 2 aromatic rings. The molecule has 1 aromatic heterocycles. The van der Waals surface area contributed by atoms with E-state index >= 15 is 0 Å². The Morgan fingerprint density at radius 3 is 2.31 bits per heavy atom. The molecular weight excluding hydrogens is 354 g/mol. The Balaban J connectivity index is 1.68. The first-order chi connectivity index (χ1) is 12.4. The number of carbonyl (C=O) groups excluding carboxylic acids is 1. The number of nitrogens with zero attached hydrogens (tertiary/aromatic N) is 4. The van der Waals surface area contributed by atoms with Crippen LogP contribution in [0.1, 0.15) is 12.6 Å². The maximum Gasteiger partial charge on any atom is 0.243 e. The third-order valence-electron chi connectivity index (χ3n) is 4.16. The molecule has 1 amide bonds. The molecule has 26 heavy (non-hydrogen) atoms. The summed E-state index contributed by atoms with van der Waals surface area (Å²) in [6.07, 6.45) is 1.52. The average Bonchev–Trinajstić information content (AvgIpc) is 2.62. The van der Waals surface area contributed by atoms with E-state index in [1.165, 1.54) is 29.7 Å². The van der Waals surface area contributed by atoms with Crippen LogP contribution in [0.25, 0.3) is 0 Å². The van der Waals surface area contributed by atoms with Gasteiger partial charge in [0.05, 0.1) is 4.90 Å². The molecule has 1 saturated heterocycles. The quantitative estimate of drug-likeness (QED) is 0.864. The number of benzene rings is 1. The molecule has 1 fully saturated rings. The molecule has 0 spiro atoms. The summed E-state index contributed by atoms with van der Waals surface area (Å²) in [5, 5.41) is 2.63. The monoisotopic (exact) mass is 375 g/mol. The van der Waals surface area contributed by atoms with Crippen molar-refractivity contribution in [3.05, 3.63) is 42.4 Å². The van der Waals surface area contributed by atoms with Crippen LogP contribution in [0.5, 0.6) is 0 Å². The molecule has 1 aliphatic rings. The zero-order valence-electron chi connectivity index (χ0n) is 14.7. The summed E-state index contributed by atoms with van der Waals surface area (Å²) in [4.78, 5) is 21.7. The largest absolute Gasteiger partial charge is 0.354 e. The first-order valence-electron chi connectivity index (χ1n) is 8.28. The fourth-order valence-electron chi connectivity index (χ4n) is 2.83. The van der Waals surface area contributed by atoms with E-state index in [9.17, 15) is 13.2 Å². The minimum Gasteiger partial charge on any atom is -0.354 e. The predicted octanol–water partition coefficient (Wildman–Crippen LogP) is 1.25. The average molecular weight is 375 g/mol. The molecule has 3 rings (SSSR count). The van der Waals surface area contributed by atoms with Crippen molar-refractivity contribution in [2.45, 2.75) is 18.7 Å². The van der Waals surface area contributed by atoms with Gasteiger partial charge in [-0.05, 0) is 31.2 Å². The van der Waals surface area contributed by atoms with E-state index < -0.39 is 10.0 Å². The fourth-order valence-corrected chi connectivity index (χ4v) is 4.26. The van der Waals surface area contributed by atoms with Crippen LogP contribution in [-0.2, 0) is 14.8 Å². The Bertz CT molecular complexity index is 891. The number of aryl methyl sites for hydroxylation is 1. The van der Waals surface area contributed by atoms with Crippen LogP contribution < -0.4 is 10.2 Å². The topological polar surface area (TPSA) is 95.5 Å². The van der Waals surface area contributed by atoms with Crippen LogP contribution >= 0.6 is 0 Å². The number of anilines is 2. The second-order valence-corrected chi connectivity index (χ2v) is 8.05. The standard InChI is InChI=1S/C17H21N5O3S/c1-13-11-17(19-12-18-13)21-7-9-22(10-8-21)26(24,25)16-5-3-15(4-6-16)20-14(2)23/h3-6,11-12H,7-10H2,1-2H3,(H,20,23). The summed E-state index contributed by atoms with van der Waals surface area (Å²) < 4.78 is 27.1. The Morgan fingerprint density at radius 2 is 1.73 bits per heavy atom. The number of hydrogen-bond acceptors (Lipinski definition) is 6. The minimum atomic E-state index is -3.56. The van der Waals surface area contributed by atoms with Gasteiger partial charge in [-0.25, -0.2) is 18.4 Å². The zero-order valence-corrected chi connectivity index (χ0v) is 15.5. The molecule has 0 radical (unpaired) electrons. The Kier molecular flexibility index (Phi) is 5.19. The molecule has 2 heterocycles. The normalized spacial score (nSPS) is 15.7. The van der Waals surface area contributed by atoms with E-state index in [1.807, 2.05) is 13.0 Å². The van der Waals surface area contributed by atoms with Crippen molar-refractivity contribution >= 4 is 27.4 Å². The van der Waals surface area contributed by atoms with Crippen molar-refractivity contribution in [2.24, 2.45) is 0 Å². The summed E-state index contributed by atoms with van der Waals surface area (Å²) in [5.41, 5.74) is 1.45. The van der Waals surface area contributed by atoms with E-state index in [0.29, 0.717) is 31.9 Å². The summed E-state index contributed by atoms with van der Waals surface area (Å²) in [7, 11) is -3.56. The molecule has 0 aliphatic carbocycles. The van der Waals surface area contributed by atoms with Gasteiger partial charge in [-0.2, -0.15) is 4.31 Å². The summed E-state index contributed by atoms with van der Waals surface area (Å²) in [6.45, 7) is 5.22. The summed E-state index contributed by atoms with van der Waals surface area (Å²) in [6, 6.07) is 8.11. The summed E-state index contributed by atoms with van der Waals surface area (Å²) >= 11 is 0. The highest BCUT2D eigenvalue weighted by Gasteiger charge is 2.28. The van der Waals surface area contributed by atoms with Gasteiger partial charge in [0.1, 0.15) is 12.1 Å². The first-order valence-corrected chi connectivity index (χ1v) is 9.72. The third kappa shape index (κ3) is 4.00. The Hall–Kier alpha value is -2.52. The van der Waals surface area contributed by atoms with Gasteiger partial charge in [0, 0.05) is 50.6 Å². The number of carbonyl (C=O) groups is 1. The van der Waals surface area contributed by atoms with Crippen LogP contribution in [0.2, 0.25) is 0 Å². The number of aromatic nitrogens is 2. The van der Waals surface area contributed by atoms with Gasteiger partial charge in [0.15, 0.2) is 0 Å². The lowest BCUT2D eigenvalue weighted by atomic mass is 10.3. The van der Waals surface area contributed by atoms with Crippen LogP contribution in [0.15, 0.2) is 41.6 Å². The van der Waals surface area contributed by atoms with E-state index in [2.05, 4.69) is 20.2 Å². The van der Waals surface area contributed by atoms with Gasteiger partial charge in [-0.1, -0.05) is 0 Å². The number of piperazine rings is 1. The van der Waals surface area contributed by atoms with Gasteiger partial charge in [-0.3, -0.25) is 4.79 Å². The molecular formula is C17H21N5O3S. The lowest BCUT2D eigenvalue weighted by molar-refractivity contribution is -0.114. The number of sulfonamides is 1. The van der Waals surface area contributed by atoms with Crippen molar-refractivity contribution in [1.29, 1.82) is 0 Å². The van der Waals surface area contributed by atoms with Gasteiger partial charge >= 0.3 is 0 Å². The second-order valence-electron chi connectivity index (χ2n) is 6.11. The Morgan fingerprint density at radius 1 is 1.08 bits per heavy atom.